The summed E-state index contributed by atoms with van der Waals surface area (Å²) in [7, 11) is 6.91. The monoisotopic (exact) mass is 500 g/mol. The van der Waals surface area contributed by atoms with Gasteiger partial charge in [0.05, 0.1) is 25.9 Å². The van der Waals surface area contributed by atoms with Gasteiger partial charge in [0.1, 0.15) is 5.75 Å². The third kappa shape index (κ3) is 4.13. The van der Waals surface area contributed by atoms with Crippen molar-refractivity contribution in [2.75, 3.05) is 21.3 Å². The summed E-state index contributed by atoms with van der Waals surface area (Å²) in [6.45, 7) is 0. The van der Waals surface area contributed by atoms with Crippen LogP contribution in [-0.2, 0) is 7.05 Å². The van der Waals surface area contributed by atoms with Crippen LogP contribution in [0.2, 0.25) is 0 Å². The van der Waals surface area contributed by atoms with Gasteiger partial charge in [-0.15, -0.1) is 10.2 Å². The molecular weight excluding hydrogens is 476 g/mol. The van der Waals surface area contributed by atoms with Crippen molar-refractivity contribution in [3.05, 3.63) is 60.8 Å². The average Bonchev–Trinajstić information content (AvgIpc) is 3.52. The molecule has 0 radical (unpaired) electrons. The molecule has 5 aromatic rings. The molecule has 0 saturated carbocycles. The van der Waals surface area contributed by atoms with E-state index in [0.717, 1.165) is 32.5 Å². The molecule has 10 nitrogen and oxygen atoms in total. The van der Waals surface area contributed by atoms with Gasteiger partial charge in [-0.1, -0.05) is 0 Å². The standard InChI is InChI=1S/C25H24N8O2S/c1-27-10-16(9-26)20-12-28-21-6-5-18(8-19(21)23(20)35-4)36-25-31-30-24-22(34-3)7-15(14-33(24)25)17-11-29-32(2)13-17/h5-14,26-27H,1-4H3/b16-10+,26-9?. The highest BCUT2D eigenvalue weighted by molar-refractivity contribution is 7.99. The Morgan fingerprint density at radius 2 is 1.94 bits per heavy atom. The highest BCUT2D eigenvalue weighted by atomic mass is 32.2. The number of aryl methyl sites for hydroxylation is 1. The lowest BCUT2D eigenvalue weighted by Crippen LogP contribution is -2.00. The van der Waals surface area contributed by atoms with Gasteiger partial charge in [-0.05, 0) is 36.0 Å². The molecular formula is C25H24N8O2S. The summed E-state index contributed by atoms with van der Waals surface area (Å²) in [4.78, 5) is 5.52. The number of methoxy groups -OCH3 is 2. The van der Waals surface area contributed by atoms with Gasteiger partial charge in [-0.25, -0.2) is 0 Å². The quantitative estimate of drug-likeness (QED) is 0.307. The number of nitrogens with zero attached hydrogens (tertiary/aromatic N) is 6. The van der Waals surface area contributed by atoms with Crippen LogP contribution < -0.4 is 14.8 Å². The van der Waals surface area contributed by atoms with Gasteiger partial charge >= 0.3 is 0 Å². The second-order valence-electron chi connectivity index (χ2n) is 7.89. The fourth-order valence-corrected chi connectivity index (χ4v) is 4.83. The summed E-state index contributed by atoms with van der Waals surface area (Å²) in [6.07, 6.45) is 10.5. The Labute approximate surface area is 211 Å². The van der Waals surface area contributed by atoms with Crippen LogP contribution in [0.25, 0.3) is 33.3 Å². The van der Waals surface area contributed by atoms with E-state index in [9.17, 15) is 0 Å². The molecule has 4 heterocycles. The number of fused-ring (bicyclic) bond motifs is 2. The molecule has 182 valence electrons. The predicted molar refractivity (Wildman–Crippen MR) is 140 cm³/mol. The van der Waals surface area contributed by atoms with Crippen LogP contribution in [0, 0.1) is 5.41 Å². The van der Waals surface area contributed by atoms with Gasteiger partial charge < -0.3 is 20.2 Å². The number of benzene rings is 1. The second kappa shape index (κ2) is 9.70. The summed E-state index contributed by atoms with van der Waals surface area (Å²) >= 11 is 1.47. The number of rotatable bonds is 8. The molecule has 0 aliphatic carbocycles. The number of pyridine rings is 2. The van der Waals surface area contributed by atoms with Crippen LogP contribution in [0.4, 0.5) is 0 Å². The van der Waals surface area contributed by atoms with E-state index in [2.05, 4.69) is 25.6 Å². The molecule has 0 unspecified atom stereocenters. The Bertz CT molecular complexity index is 1620. The van der Waals surface area contributed by atoms with E-state index in [-0.39, 0.29) is 0 Å². The average molecular weight is 501 g/mol. The molecule has 0 amide bonds. The van der Waals surface area contributed by atoms with Crippen LogP contribution in [0.15, 0.2) is 65.3 Å². The Hall–Kier alpha value is -4.38. The van der Waals surface area contributed by atoms with Crippen LogP contribution in [-0.4, -0.2) is 56.8 Å². The maximum Gasteiger partial charge on any atom is 0.203 e. The van der Waals surface area contributed by atoms with Gasteiger partial charge in [0.25, 0.3) is 0 Å². The molecule has 11 heteroatoms. The van der Waals surface area contributed by atoms with Crippen molar-refractivity contribution < 1.29 is 9.47 Å². The topological polar surface area (TPSA) is 115 Å². The fraction of sp³-hybridized carbons (Fsp3) is 0.160. The maximum absolute atomic E-state index is 7.79. The van der Waals surface area contributed by atoms with Crippen molar-refractivity contribution in [1.82, 2.24) is 34.7 Å². The van der Waals surface area contributed by atoms with E-state index in [0.29, 0.717) is 27.9 Å². The summed E-state index contributed by atoms with van der Waals surface area (Å²) in [6, 6.07) is 7.88. The van der Waals surface area contributed by atoms with Crippen molar-refractivity contribution in [2.24, 2.45) is 7.05 Å². The van der Waals surface area contributed by atoms with E-state index >= 15 is 0 Å². The van der Waals surface area contributed by atoms with Crippen LogP contribution >= 0.6 is 11.8 Å². The molecule has 0 fully saturated rings. The fourth-order valence-electron chi connectivity index (χ4n) is 3.99. The lowest BCUT2D eigenvalue weighted by molar-refractivity contribution is 0.417. The molecule has 0 spiro atoms. The van der Waals surface area contributed by atoms with Crippen LogP contribution in [0.5, 0.6) is 11.5 Å². The number of hydrogen-bond acceptors (Lipinski definition) is 9. The Balaban J connectivity index is 1.60. The SMILES string of the molecule is CN/C=C(\C=N)c1cnc2ccc(Sc3nnc4c(OC)cc(-c5cnn(C)c5)cn34)cc2c1OC. The molecule has 5 rings (SSSR count). The van der Waals surface area contributed by atoms with Gasteiger partial charge in [-0.2, -0.15) is 5.10 Å². The zero-order valence-corrected chi connectivity index (χ0v) is 21.0. The first-order chi connectivity index (χ1) is 17.6. The third-order valence-electron chi connectivity index (χ3n) is 5.67. The first kappa shape index (κ1) is 23.4. The van der Waals surface area contributed by atoms with Crippen LogP contribution in [0.3, 0.4) is 0 Å². The predicted octanol–water partition coefficient (Wildman–Crippen LogP) is 4.06. The molecule has 0 bridgehead atoms. The summed E-state index contributed by atoms with van der Waals surface area (Å²) in [5.41, 5.74) is 4.73. The minimum atomic E-state index is 0.625. The first-order valence-corrected chi connectivity index (χ1v) is 11.8. The Morgan fingerprint density at radius 3 is 2.64 bits per heavy atom. The lowest BCUT2D eigenvalue weighted by Gasteiger charge is -2.13. The second-order valence-corrected chi connectivity index (χ2v) is 8.94. The molecule has 4 aromatic heterocycles. The zero-order valence-electron chi connectivity index (χ0n) is 20.2. The van der Waals surface area contributed by atoms with E-state index < -0.39 is 0 Å². The van der Waals surface area contributed by atoms with Gasteiger partial charge in [0.2, 0.25) is 10.8 Å². The van der Waals surface area contributed by atoms with Crippen molar-refractivity contribution >= 4 is 40.1 Å². The van der Waals surface area contributed by atoms with Gasteiger partial charge in [0, 0.05) is 77.6 Å². The van der Waals surface area contributed by atoms with E-state index in [1.54, 1.807) is 38.3 Å². The first-order valence-electron chi connectivity index (χ1n) is 11.0. The summed E-state index contributed by atoms with van der Waals surface area (Å²) < 4.78 is 15.0. The number of nitrogens with one attached hydrogen (secondary N) is 2. The molecule has 1 aromatic carbocycles. The van der Waals surface area contributed by atoms with Crippen molar-refractivity contribution in [2.45, 2.75) is 10.1 Å². The molecule has 0 aliphatic rings. The van der Waals surface area contributed by atoms with Crippen molar-refractivity contribution in [3.8, 4) is 22.6 Å². The highest BCUT2D eigenvalue weighted by Gasteiger charge is 2.17. The molecule has 0 aliphatic heterocycles. The minimum absolute atomic E-state index is 0.625. The van der Waals surface area contributed by atoms with E-state index in [1.165, 1.54) is 18.0 Å². The normalized spacial score (nSPS) is 11.7. The smallest absolute Gasteiger partial charge is 0.203 e. The van der Waals surface area contributed by atoms with E-state index in [4.69, 9.17) is 14.9 Å². The van der Waals surface area contributed by atoms with Crippen LogP contribution in [0.1, 0.15) is 5.56 Å². The molecule has 36 heavy (non-hydrogen) atoms. The summed E-state index contributed by atoms with van der Waals surface area (Å²) in [5.74, 6) is 1.28. The molecule has 0 saturated heterocycles. The highest BCUT2D eigenvalue weighted by Crippen LogP contribution is 2.37. The summed E-state index contributed by atoms with van der Waals surface area (Å²) in [5, 5.41) is 25.3. The Morgan fingerprint density at radius 1 is 1.08 bits per heavy atom. The largest absolute Gasteiger partial charge is 0.495 e. The van der Waals surface area contributed by atoms with Crippen molar-refractivity contribution in [1.29, 1.82) is 5.41 Å². The number of hydrogen-bond donors (Lipinski definition) is 2. The third-order valence-corrected chi connectivity index (χ3v) is 6.62. The maximum atomic E-state index is 7.79. The Kier molecular flexibility index (Phi) is 6.30. The van der Waals surface area contributed by atoms with Crippen molar-refractivity contribution in [3.63, 3.8) is 0 Å². The van der Waals surface area contributed by atoms with E-state index in [1.807, 2.05) is 54.3 Å². The van der Waals surface area contributed by atoms with Gasteiger partial charge in [0.15, 0.2) is 5.75 Å². The number of allylic oxidation sites excluding steroid dienone is 1. The molecule has 0 atom stereocenters. The lowest BCUT2D eigenvalue weighted by atomic mass is 10.1. The number of ether oxygens (including phenoxy) is 2. The zero-order chi connectivity index (χ0) is 25.2. The molecule has 2 N–H and O–H groups in total. The minimum Gasteiger partial charge on any atom is -0.495 e. The van der Waals surface area contributed by atoms with Gasteiger partial charge in [-0.3, -0.25) is 14.1 Å². The number of aromatic nitrogens is 6.